The lowest BCUT2D eigenvalue weighted by Gasteiger charge is -2.16. The number of rotatable bonds is 8. The summed E-state index contributed by atoms with van der Waals surface area (Å²) in [6, 6.07) is 11.1. The second-order valence-corrected chi connectivity index (χ2v) is 8.80. The van der Waals surface area contributed by atoms with Crippen LogP contribution in [0.5, 0.6) is 5.75 Å². The molecule has 9 nitrogen and oxygen atoms in total. The summed E-state index contributed by atoms with van der Waals surface area (Å²) in [5.41, 5.74) is 9.57. The smallest absolute Gasteiger partial charge is 0.258 e. The standard InChI is InChI=1S/C25H29N5O4/c1-14(2)33-21-11-8-15(12-19(21)23(26)32)25-28-24(29-34-25)18-7-5-6-17-16(18)9-10-20(17)27-13-22(31)30(3)4/h5-8,11-12,14,20,27H,9-10,13H2,1-4H3,(H2,26,32). The predicted octanol–water partition coefficient (Wildman–Crippen LogP) is 2.95. The van der Waals surface area contributed by atoms with E-state index in [1.807, 2.05) is 26.0 Å². The van der Waals surface area contributed by atoms with E-state index < -0.39 is 5.91 Å². The van der Waals surface area contributed by atoms with Gasteiger partial charge in [-0.25, -0.2) is 0 Å². The van der Waals surface area contributed by atoms with Gasteiger partial charge < -0.3 is 25.2 Å². The van der Waals surface area contributed by atoms with Gasteiger partial charge in [-0.1, -0.05) is 23.4 Å². The summed E-state index contributed by atoms with van der Waals surface area (Å²) in [6.45, 7) is 4.04. The largest absolute Gasteiger partial charge is 0.490 e. The zero-order valence-corrected chi connectivity index (χ0v) is 19.8. The van der Waals surface area contributed by atoms with Gasteiger partial charge in [0, 0.05) is 31.3 Å². The average Bonchev–Trinajstić information content (AvgIpc) is 3.44. The number of carbonyl (C=O) groups excluding carboxylic acids is 2. The lowest BCUT2D eigenvalue weighted by molar-refractivity contribution is -0.127. The third kappa shape index (κ3) is 4.79. The number of nitrogens with two attached hydrogens (primary N) is 1. The SMILES string of the molecule is CC(C)Oc1ccc(-c2nc(-c3cccc4c3CCC4NCC(=O)N(C)C)no2)cc1C(N)=O. The molecule has 3 N–H and O–H groups in total. The van der Waals surface area contributed by atoms with E-state index in [1.165, 1.54) is 0 Å². The highest BCUT2D eigenvalue weighted by Crippen LogP contribution is 2.37. The van der Waals surface area contributed by atoms with E-state index in [0.717, 1.165) is 29.5 Å². The van der Waals surface area contributed by atoms with E-state index >= 15 is 0 Å². The highest BCUT2D eigenvalue weighted by atomic mass is 16.5. The normalized spacial score (nSPS) is 14.8. The maximum atomic E-state index is 12.0. The molecule has 2 amide bonds. The molecular weight excluding hydrogens is 434 g/mol. The van der Waals surface area contributed by atoms with E-state index in [-0.39, 0.29) is 36.1 Å². The van der Waals surface area contributed by atoms with Crippen LogP contribution in [-0.4, -0.2) is 53.6 Å². The maximum absolute atomic E-state index is 12.0. The second-order valence-electron chi connectivity index (χ2n) is 8.80. The minimum absolute atomic E-state index is 0.0348. The van der Waals surface area contributed by atoms with Crippen LogP contribution in [0.3, 0.4) is 0 Å². The Kier molecular flexibility index (Phi) is 6.65. The average molecular weight is 464 g/mol. The first kappa shape index (κ1) is 23.4. The number of carbonyl (C=O) groups is 2. The van der Waals surface area contributed by atoms with Gasteiger partial charge in [0.25, 0.3) is 11.8 Å². The van der Waals surface area contributed by atoms with Gasteiger partial charge in [-0.2, -0.15) is 4.98 Å². The lowest BCUT2D eigenvalue weighted by Crippen LogP contribution is -2.34. The van der Waals surface area contributed by atoms with E-state index in [4.69, 9.17) is 15.0 Å². The number of hydrogen-bond donors (Lipinski definition) is 2. The van der Waals surface area contributed by atoms with Crippen LogP contribution in [0, 0.1) is 0 Å². The second kappa shape index (κ2) is 9.64. The number of hydrogen-bond acceptors (Lipinski definition) is 7. The van der Waals surface area contributed by atoms with Crippen LogP contribution in [0.2, 0.25) is 0 Å². The number of aromatic nitrogens is 2. The van der Waals surface area contributed by atoms with Crippen molar-refractivity contribution in [1.82, 2.24) is 20.4 Å². The number of nitrogens with one attached hydrogen (secondary N) is 1. The molecule has 4 rings (SSSR count). The number of ether oxygens (including phenoxy) is 1. The molecule has 0 spiro atoms. The van der Waals surface area contributed by atoms with Crippen LogP contribution >= 0.6 is 0 Å². The van der Waals surface area contributed by atoms with Crippen molar-refractivity contribution in [3.63, 3.8) is 0 Å². The molecule has 1 atom stereocenters. The van der Waals surface area contributed by atoms with Crippen LogP contribution in [0.4, 0.5) is 0 Å². The molecule has 1 aromatic heterocycles. The maximum Gasteiger partial charge on any atom is 0.258 e. The van der Waals surface area contributed by atoms with Crippen LogP contribution < -0.4 is 15.8 Å². The molecule has 0 bridgehead atoms. The zero-order chi connectivity index (χ0) is 24.4. The van der Waals surface area contributed by atoms with Gasteiger partial charge in [0.1, 0.15) is 5.75 Å². The van der Waals surface area contributed by atoms with Crippen molar-refractivity contribution in [3.05, 3.63) is 53.1 Å². The molecule has 0 saturated carbocycles. The van der Waals surface area contributed by atoms with E-state index in [9.17, 15) is 9.59 Å². The first-order valence-corrected chi connectivity index (χ1v) is 11.2. The van der Waals surface area contributed by atoms with Crippen molar-refractivity contribution in [2.45, 2.75) is 38.8 Å². The summed E-state index contributed by atoms with van der Waals surface area (Å²) in [5, 5.41) is 7.55. The topological polar surface area (TPSA) is 124 Å². The number of amides is 2. The molecule has 1 aliphatic carbocycles. The Bertz CT molecular complexity index is 1220. The minimum atomic E-state index is -0.593. The molecule has 0 aliphatic heterocycles. The van der Waals surface area contributed by atoms with E-state index in [2.05, 4.69) is 21.5 Å². The predicted molar refractivity (Wildman–Crippen MR) is 127 cm³/mol. The molecule has 0 radical (unpaired) electrons. The first-order valence-electron chi connectivity index (χ1n) is 11.2. The molecule has 1 unspecified atom stereocenters. The van der Waals surface area contributed by atoms with Crippen molar-refractivity contribution in [1.29, 1.82) is 0 Å². The molecule has 1 aliphatic rings. The van der Waals surface area contributed by atoms with Gasteiger partial charge in [-0.15, -0.1) is 0 Å². The third-order valence-corrected chi connectivity index (χ3v) is 5.79. The minimum Gasteiger partial charge on any atom is -0.490 e. The van der Waals surface area contributed by atoms with E-state index in [0.29, 0.717) is 17.1 Å². The highest BCUT2D eigenvalue weighted by Gasteiger charge is 2.27. The van der Waals surface area contributed by atoms with Gasteiger partial charge in [-0.05, 0) is 56.0 Å². The fourth-order valence-corrected chi connectivity index (χ4v) is 4.11. The van der Waals surface area contributed by atoms with Gasteiger partial charge in [0.15, 0.2) is 0 Å². The number of fused-ring (bicyclic) bond motifs is 1. The molecule has 3 aromatic rings. The first-order chi connectivity index (χ1) is 16.2. The molecular formula is C25H29N5O4. The molecule has 34 heavy (non-hydrogen) atoms. The van der Waals surface area contributed by atoms with Gasteiger partial charge in [0.05, 0.1) is 18.2 Å². The van der Waals surface area contributed by atoms with Crippen LogP contribution in [0.15, 0.2) is 40.9 Å². The monoisotopic (exact) mass is 463 g/mol. The Hall–Kier alpha value is -3.72. The van der Waals surface area contributed by atoms with Crippen LogP contribution in [0.25, 0.3) is 22.8 Å². The Morgan fingerprint density at radius 2 is 2.06 bits per heavy atom. The number of nitrogens with zero attached hydrogens (tertiary/aromatic N) is 3. The third-order valence-electron chi connectivity index (χ3n) is 5.79. The number of likely N-dealkylation sites (N-methyl/N-ethyl adjacent to an activating group) is 1. The fourth-order valence-electron chi connectivity index (χ4n) is 4.11. The molecule has 1 heterocycles. The Labute approximate surface area is 198 Å². The highest BCUT2D eigenvalue weighted by molar-refractivity contribution is 5.96. The van der Waals surface area contributed by atoms with Crippen molar-refractivity contribution >= 4 is 11.8 Å². The quantitative estimate of drug-likeness (QED) is 0.526. The summed E-state index contributed by atoms with van der Waals surface area (Å²) in [4.78, 5) is 30.1. The Balaban J connectivity index is 1.60. The Morgan fingerprint density at radius 1 is 1.26 bits per heavy atom. The summed E-state index contributed by atoms with van der Waals surface area (Å²) < 4.78 is 11.2. The zero-order valence-electron chi connectivity index (χ0n) is 19.8. The fraction of sp³-hybridized carbons (Fsp3) is 0.360. The van der Waals surface area contributed by atoms with Crippen molar-refractivity contribution < 1.29 is 18.8 Å². The molecule has 178 valence electrons. The number of primary amides is 1. The van der Waals surface area contributed by atoms with Gasteiger partial charge >= 0.3 is 0 Å². The summed E-state index contributed by atoms with van der Waals surface area (Å²) in [6.07, 6.45) is 1.63. The Morgan fingerprint density at radius 3 is 2.76 bits per heavy atom. The van der Waals surface area contributed by atoms with Crippen LogP contribution in [0.1, 0.15) is 47.8 Å². The summed E-state index contributed by atoms with van der Waals surface area (Å²) in [7, 11) is 3.49. The molecule has 0 saturated heterocycles. The number of benzene rings is 2. The molecule has 0 fully saturated rings. The molecule has 2 aromatic carbocycles. The van der Waals surface area contributed by atoms with Gasteiger partial charge in [-0.3, -0.25) is 9.59 Å². The summed E-state index contributed by atoms with van der Waals surface area (Å²) in [5.74, 6) is 0.616. The van der Waals surface area contributed by atoms with Crippen molar-refractivity contribution in [2.75, 3.05) is 20.6 Å². The summed E-state index contributed by atoms with van der Waals surface area (Å²) >= 11 is 0. The van der Waals surface area contributed by atoms with E-state index in [1.54, 1.807) is 37.2 Å². The molecule has 9 heteroatoms. The van der Waals surface area contributed by atoms with Crippen molar-refractivity contribution in [3.8, 4) is 28.6 Å². The van der Waals surface area contributed by atoms with Gasteiger partial charge in [0.2, 0.25) is 11.7 Å². The lowest BCUT2D eigenvalue weighted by atomic mass is 10.0. The van der Waals surface area contributed by atoms with Crippen LogP contribution in [-0.2, 0) is 11.2 Å². The van der Waals surface area contributed by atoms with Crippen molar-refractivity contribution in [2.24, 2.45) is 5.73 Å².